The number of rotatable bonds is 3. The van der Waals surface area contributed by atoms with E-state index >= 15 is 0 Å². The van der Waals surface area contributed by atoms with Gasteiger partial charge in [0.05, 0.1) is 15.0 Å². The molecule has 0 bridgehead atoms. The Hall–Kier alpha value is -1.44. The summed E-state index contributed by atoms with van der Waals surface area (Å²) in [5, 5.41) is 3.35. The Labute approximate surface area is 143 Å². The van der Waals surface area contributed by atoms with Crippen molar-refractivity contribution < 1.29 is 18.5 Å². The molecule has 0 aromatic heterocycles. The lowest BCUT2D eigenvalue weighted by Crippen LogP contribution is -2.44. The zero-order valence-corrected chi connectivity index (χ0v) is 14.7. The van der Waals surface area contributed by atoms with Crippen molar-refractivity contribution in [3.63, 3.8) is 0 Å². The van der Waals surface area contributed by atoms with E-state index in [2.05, 4.69) is 9.68 Å². The van der Waals surface area contributed by atoms with E-state index in [0.29, 0.717) is 6.54 Å². The van der Waals surface area contributed by atoms with Gasteiger partial charge in [-0.3, -0.25) is 0 Å². The SMILES string of the molecule is CS(=O)(=NC(=O)OCc1ccccc1)C1CNC2(CCOCC2)C1. The summed E-state index contributed by atoms with van der Waals surface area (Å²) in [6.07, 6.45) is 3.40. The molecular weight excluding hydrogens is 328 g/mol. The van der Waals surface area contributed by atoms with E-state index < -0.39 is 15.8 Å². The topological polar surface area (TPSA) is 77.0 Å². The first-order chi connectivity index (χ1) is 11.5. The number of hydrogen-bond donors (Lipinski definition) is 1. The first kappa shape index (κ1) is 17.4. The molecule has 6 nitrogen and oxygen atoms in total. The largest absolute Gasteiger partial charge is 0.443 e. The monoisotopic (exact) mass is 352 g/mol. The van der Waals surface area contributed by atoms with Crippen molar-refractivity contribution in [2.24, 2.45) is 4.36 Å². The lowest BCUT2D eigenvalue weighted by Gasteiger charge is -2.33. The fourth-order valence-corrected chi connectivity index (χ4v) is 4.85. The van der Waals surface area contributed by atoms with Crippen LogP contribution >= 0.6 is 0 Å². The molecule has 2 heterocycles. The first-order valence-electron chi connectivity index (χ1n) is 8.24. The van der Waals surface area contributed by atoms with Crippen LogP contribution < -0.4 is 5.32 Å². The van der Waals surface area contributed by atoms with Crippen molar-refractivity contribution >= 4 is 15.8 Å². The van der Waals surface area contributed by atoms with Crippen molar-refractivity contribution in [3.05, 3.63) is 35.9 Å². The number of ether oxygens (including phenoxy) is 2. The molecule has 2 aliphatic rings. The number of hydrogen-bond acceptors (Lipinski definition) is 5. The molecule has 1 spiro atoms. The second kappa shape index (κ2) is 7.21. The normalized spacial score (nSPS) is 25.1. The highest BCUT2D eigenvalue weighted by molar-refractivity contribution is 7.93. The molecule has 132 valence electrons. The van der Waals surface area contributed by atoms with Crippen molar-refractivity contribution in [1.82, 2.24) is 5.32 Å². The number of carbonyl (C=O) groups excluding carboxylic acids is 1. The van der Waals surface area contributed by atoms with Gasteiger partial charge in [-0.1, -0.05) is 30.3 Å². The molecule has 3 rings (SSSR count). The average molecular weight is 352 g/mol. The Morgan fingerprint density at radius 1 is 1.38 bits per heavy atom. The summed E-state index contributed by atoms with van der Waals surface area (Å²) < 4.78 is 27.3. The molecule has 2 atom stereocenters. The fraction of sp³-hybridized carbons (Fsp3) is 0.588. The van der Waals surface area contributed by atoms with Crippen LogP contribution in [0.3, 0.4) is 0 Å². The minimum atomic E-state index is -2.64. The van der Waals surface area contributed by atoms with Crippen LogP contribution in [0.25, 0.3) is 0 Å². The highest BCUT2D eigenvalue weighted by Gasteiger charge is 2.42. The molecule has 0 aliphatic carbocycles. The molecule has 24 heavy (non-hydrogen) atoms. The molecule has 1 N–H and O–H groups in total. The third kappa shape index (κ3) is 4.15. The van der Waals surface area contributed by atoms with E-state index in [1.54, 1.807) is 6.26 Å². The minimum Gasteiger partial charge on any atom is -0.443 e. The number of amides is 1. The van der Waals surface area contributed by atoms with Gasteiger partial charge >= 0.3 is 6.09 Å². The molecular formula is C17H24N2O4S. The van der Waals surface area contributed by atoms with Gasteiger partial charge in [-0.2, -0.15) is 0 Å². The van der Waals surface area contributed by atoms with Gasteiger partial charge in [0.15, 0.2) is 0 Å². The zero-order valence-electron chi connectivity index (χ0n) is 13.9. The zero-order chi connectivity index (χ0) is 17.0. The van der Waals surface area contributed by atoms with Crippen LogP contribution in [0.1, 0.15) is 24.8 Å². The van der Waals surface area contributed by atoms with Gasteiger partial charge in [0.25, 0.3) is 0 Å². The Bertz CT molecular complexity index is 692. The number of benzene rings is 1. The molecule has 0 radical (unpaired) electrons. The summed E-state index contributed by atoms with van der Waals surface area (Å²) in [6, 6.07) is 9.38. The van der Waals surface area contributed by atoms with Crippen LogP contribution in [0.4, 0.5) is 4.79 Å². The molecule has 1 amide bonds. The van der Waals surface area contributed by atoms with E-state index in [0.717, 1.165) is 38.0 Å². The Balaban J connectivity index is 1.61. The van der Waals surface area contributed by atoms with E-state index in [9.17, 15) is 9.00 Å². The van der Waals surface area contributed by atoms with Crippen molar-refractivity contribution in [1.29, 1.82) is 0 Å². The van der Waals surface area contributed by atoms with Crippen LogP contribution in [-0.2, 0) is 25.8 Å². The van der Waals surface area contributed by atoms with Gasteiger partial charge in [0.2, 0.25) is 0 Å². The summed E-state index contributed by atoms with van der Waals surface area (Å²) in [5.41, 5.74) is 0.873. The fourth-order valence-electron chi connectivity index (χ4n) is 3.33. The van der Waals surface area contributed by atoms with Gasteiger partial charge < -0.3 is 14.8 Å². The van der Waals surface area contributed by atoms with Crippen LogP contribution in [-0.4, -0.2) is 47.1 Å². The Morgan fingerprint density at radius 2 is 2.08 bits per heavy atom. The second-order valence-electron chi connectivity index (χ2n) is 6.59. The third-order valence-electron chi connectivity index (χ3n) is 4.85. The first-order valence-corrected chi connectivity index (χ1v) is 10.2. The van der Waals surface area contributed by atoms with Crippen LogP contribution in [0.5, 0.6) is 0 Å². The maximum absolute atomic E-state index is 12.9. The van der Waals surface area contributed by atoms with Crippen molar-refractivity contribution in [3.8, 4) is 0 Å². The summed E-state index contributed by atoms with van der Waals surface area (Å²) in [5.74, 6) is 0. The van der Waals surface area contributed by atoms with E-state index in [-0.39, 0.29) is 17.4 Å². The van der Waals surface area contributed by atoms with E-state index in [4.69, 9.17) is 9.47 Å². The van der Waals surface area contributed by atoms with E-state index in [1.807, 2.05) is 30.3 Å². The van der Waals surface area contributed by atoms with Crippen molar-refractivity contribution in [2.75, 3.05) is 26.0 Å². The molecule has 7 heteroatoms. The van der Waals surface area contributed by atoms with Gasteiger partial charge in [-0.25, -0.2) is 9.00 Å². The third-order valence-corrected chi connectivity index (χ3v) is 6.93. The highest BCUT2D eigenvalue weighted by Crippen LogP contribution is 2.33. The van der Waals surface area contributed by atoms with Crippen LogP contribution in [0.2, 0.25) is 0 Å². The van der Waals surface area contributed by atoms with Gasteiger partial charge in [-0.15, -0.1) is 4.36 Å². The Kier molecular flexibility index (Phi) is 5.22. The lowest BCUT2D eigenvalue weighted by atomic mass is 9.89. The maximum Gasteiger partial charge on any atom is 0.442 e. The van der Waals surface area contributed by atoms with Gasteiger partial charge in [0.1, 0.15) is 6.61 Å². The van der Waals surface area contributed by atoms with Gasteiger partial charge in [0, 0.05) is 31.6 Å². The average Bonchev–Trinajstić information content (AvgIpc) is 2.99. The van der Waals surface area contributed by atoms with E-state index in [1.165, 1.54) is 0 Å². The number of carbonyl (C=O) groups is 1. The summed E-state index contributed by atoms with van der Waals surface area (Å²) in [4.78, 5) is 11.9. The lowest BCUT2D eigenvalue weighted by molar-refractivity contribution is 0.0459. The van der Waals surface area contributed by atoms with Crippen LogP contribution in [0.15, 0.2) is 34.7 Å². The molecule has 2 saturated heterocycles. The molecule has 1 aromatic rings. The minimum absolute atomic E-state index is 0.00888. The maximum atomic E-state index is 12.9. The molecule has 2 fully saturated rings. The molecule has 2 unspecified atom stereocenters. The molecule has 0 saturated carbocycles. The smallest absolute Gasteiger partial charge is 0.442 e. The standard InChI is InChI=1S/C17H24N2O4S/c1-24(21,15-11-17(18-12-15)7-9-22-10-8-17)19-16(20)23-13-14-5-3-2-4-6-14/h2-6,15,18H,7-13H2,1H3. The predicted molar refractivity (Wildman–Crippen MR) is 92.3 cm³/mol. The quantitative estimate of drug-likeness (QED) is 0.903. The predicted octanol–water partition coefficient (Wildman–Crippen LogP) is 2.33. The Morgan fingerprint density at radius 3 is 2.79 bits per heavy atom. The van der Waals surface area contributed by atoms with Crippen molar-refractivity contribution in [2.45, 2.75) is 36.7 Å². The second-order valence-corrected chi connectivity index (χ2v) is 9.16. The number of nitrogens with one attached hydrogen (secondary N) is 1. The highest BCUT2D eigenvalue weighted by atomic mass is 32.2. The summed E-state index contributed by atoms with van der Waals surface area (Å²) in [7, 11) is -2.64. The number of nitrogens with zero attached hydrogens (tertiary/aromatic N) is 1. The molecule has 1 aromatic carbocycles. The summed E-state index contributed by atoms with van der Waals surface area (Å²) >= 11 is 0. The molecule has 2 aliphatic heterocycles. The van der Waals surface area contributed by atoms with Crippen LogP contribution in [0, 0.1) is 0 Å². The van der Waals surface area contributed by atoms with Gasteiger partial charge in [-0.05, 0) is 24.8 Å². The summed E-state index contributed by atoms with van der Waals surface area (Å²) in [6.45, 7) is 2.20.